The summed E-state index contributed by atoms with van der Waals surface area (Å²) in [6.45, 7) is 6.01. The zero-order chi connectivity index (χ0) is 19.1. The minimum absolute atomic E-state index is 0.0381. The normalized spacial score (nSPS) is 21.4. The van der Waals surface area contributed by atoms with Crippen LogP contribution in [0.3, 0.4) is 0 Å². The molecular formula is C19H20ClN3O3. The summed E-state index contributed by atoms with van der Waals surface area (Å²) < 4.78 is 0. The van der Waals surface area contributed by atoms with Gasteiger partial charge in [-0.05, 0) is 42.0 Å². The number of fused-ring (bicyclic) bond motifs is 1. The molecule has 1 aliphatic carbocycles. The van der Waals surface area contributed by atoms with Crippen molar-refractivity contribution < 1.29 is 14.7 Å². The molecule has 136 valence electrons. The lowest BCUT2D eigenvalue weighted by Crippen LogP contribution is -2.35. The summed E-state index contributed by atoms with van der Waals surface area (Å²) in [5.41, 5.74) is 1.34. The second kappa shape index (κ2) is 6.68. The van der Waals surface area contributed by atoms with Gasteiger partial charge in [-0.2, -0.15) is 0 Å². The van der Waals surface area contributed by atoms with E-state index in [0.717, 1.165) is 6.08 Å². The Morgan fingerprint density at radius 1 is 1.31 bits per heavy atom. The summed E-state index contributed by atoms with van der Waals surface area (Å²) in [6, 6.07) is 5.16. The molecule has 0 fully saturated rings. The first-order valence-electron chi connectivity index (χ1n) is 8.35. The molecule has 0 amide bonds. The van der Waals surface area contributed by atoms with Gasteiger partial charge in [0.1, 0.15) is 16.7 Å². The van der Waals surface area contributed by atoms with Gasteiger partial charge in [-0.15, -0.1) is 15.0 Å². The average Bonchev–Trinajstić information content (AvgIpc) is 2.95. The maximum Gasteiger partial charge on any atom is 0.327 e. The molecule has 1 N–H and O–H groups in total. The molecule has 1 aliphatic rings. The van der Waals surface area contributed by atoms with Gasteiger partial charge in [0, 0.05) is 17.0 Å². The summed E-state index contributed by atoms with van der Waals surface area (Å²) in [5.74, 6) is -1.49. The second-order valence-corrected chi connectivity index (χ2v) is 7.99. The van der Waals surface area contributed by atoms with Crippen molar-refractivity contribution in [2.24, 2.45) is 17.3 Å². The number of carboxylic acid groups (broad SMARTS) is 1. The van der Waals surface area contributed by atoms with Gasteiger partial charge in [0.05, 0.1) is 0 Å². The monoisotopic (exact) mass is 373 g/mol. The van der Waals surface area contributed by atoms with Crippen molar-refractivity contribution in [3.8, 4) is 0 Å². The number of rotatable bonds is 3. The molecule has 0 radical (unpaired) electrons. The van der Waals surface area contributed by atoms with Gasteiger partial charge < -0.3 is 5.11 Å². The molecule has 1 aromatic carbocycles. The quantitative estimate of drug-likeness (QED) is 0.826. The first-order valence-corrected chi connectivity index (χ1v) is 8.73. The van der Waals surface area contributed by atoms with E-state index in [1.807, 2.05) is 20.8 Å². The predicted octanol–water partition coefficient (Wildman–Crippen LogP) is 3.82. The number of halogens is 1. The highest BCUT2D eigenvalue weighted by Gasteiger charge is 2.38. The van der Waals surface area contributed by atoms with Crippen LogP contribution >= 0.6 is 11.6 Å². The fourth-order valence-corrected chi connectivity index (χ4v) is 3.32. The van der Waals surface area contributed by atoms with E-state index in [1.54, 1.807) is 30.4 Å². The summed E-state index contributed by atoms with van der Waals surface area (Å²) in [5, 5.41) is 18.2. The van der Waals surface area contributed by atoms with Gasteiger partial charge in [0.25, 0.3) is 0 Å². The third-order valence-electron chi connectivity index (χ3n) is 4.54. The Morgan fingerprint density at radius 3 is 2.65 bits per heavy atom. The van der Waals surface area contributed by atoms with Crippen molar-refractivity contribution in [1.29, 1.82) is 0 Å². The van der Waals surface area contributed by atoms with Crippen LogP contribution in [0.4, 0.5) is 0 Å². The van der Waals surface area contributed by atoms with Crippen molar-refractivity contribution >= 4 is 40.1 Å². The maximum atomic E-state index is 13.1. The molecule has 7 heteroatoms. The van der Waals surface area contributed by atoms with Gasteiger partial charge in [-0.1, -0.05) is 38.4 Å². The Bertz CT molecular complexity index is 937. The molecule has 2 aromatic rings. The highest BCUT2D eigenvalue weighted by molar-refractivity contribution is 6.31. The fraction of sp³-hybridized carbons (Fsp3) is 0.368. The zero-order valence-corrected chi connectivity index (χ0v) is 15.6. The number of benzene rings is 1. The minimum Gasteiger partial charge on any atom is -0.478 e. The van der Waals surface area contributed by atoms with Crippen molar-refractivity contribution in [3.63, 3.8) is 0 Å². The van der Waals surface area contributed by atoms with Crippen molar-refractivity contribution in [2.45, 2.75) is 27.2 Å². The van der Waals surface area contributed by atoms with E-state index in [0.29, 0.717) is 28.2 Å². The van der Waals surface area contributed by atoms with Gasteiger partial charge in [0.2, 0.25) is 0 Å². The van der Waals surface area contributed by atoms with Gasteiger partial charge in [0.15, 0.2) is 5.78 Å². The van der Waals surface area contributed by atoms with E-state index < -0.39 is 5.97 Å². The topological polar surface area (TPSA) is 85.1 Å². The lowest BCUT2D eigenvalue weighted by Gasteiger charge is -2.34. The van der Waals surface area contributed by atoms with Crippen LogP contribution in [0.25, 0.3) is 16.7 Å². The Balaban J connectivity index is 2.07. The summed E-state index contributed by atoms with van der Waals surface area (Å²) in [6.07, 6.45) is 5.02. The Kier molecular flexibility index (Phi) is 4.71. The second-order valence-electron chi connectivity index (χ2n) is 7.55. The molecule has 0 aliphatic heterocycles. The molecule has 0 bridgehead atoms. The molecule has 6 nitrogen and oxygen atoms in total. The number of hydrogen-bond acceptors (Lipinski definition) is 4. The fourth-order valence-electron chi connectivity index (χ4n) is 3.16. The van der Waals surface area contributed by atoms with Crippen molar-refractivity contribution in [3.05, 3.63) is 41.4 Å². The van der Waals surface area contributed by atoms with E-state index in [4.69, 9.17) is 16.7 Å². The number of allylic oxidation sites excluding steroid dienone is 3. The number of aromatic nitrogens is 3. The van der Waals surface area contributed by atoms with Crippen LogP contribution in [0.1, 0.15) is 27.2 Å². The number of ketones is 1. The number of carbonyl (C=O) groups excluding carboxylic acids is 1. The molecular weight excluding hydrogens is 354 g/mol. The molecule has 1 aromatic heterocycles. The summed E-state index contributed by atoms with van der Waals surface area (Å²) in [7, 11) is 0. The van der Waals surface area contributed by atoms with E-state index in [1.165, 1.54) is 4.80 Å². The number of Topliss-reactive ketones (excluding diaryl/α,β-unsaturated/α-hetero) is 1. The Hall–Kier alpha value is -2.47. The highest BCUT2D eigenvalue weighted by Crippen LogP contribution is 2.39. The van der Waals surface area contributed by atoms with E-state index in [9.17, 15) is 9.59 Å². The molecule has 0 saturated carbocycles. The smallest absolute Gasteiger partial charge is 0.327 e. The third kappa shape index (κ3) is 3.70. The number of aliphatic carboxylic acids is 1. The van der Waals surface area contributed by atoms with Crippen molar-refractivity contribution in [2.75, 3.05) is 0 Å². The van der Waals surface area contributed by atoms with E-state index in [2.05, 4.69) is 10.2 Å². The van der Waals surface area contributed by atoms with E-state index >= 15 is 0 Å². The first-order chi connectivity index (χ1) is 12.1. The average molecular weight is 374 g/mol. The third-order valence-corrected chi connectivity index (χ3v) is 4.77. The maximum absolute atomic E-state index is 13.1. The minimum atomic E-state index is -1.01. The Labute approximate surface area is 156 Å². The van der Waals surface area contributed by atoms with Gasteiger partial charge >= 0.3 is 5.97 Å². The molecule has 2 unspecified atom stereocenters. The lowest BCUT2D eigenvalue weighted by molar-refractivity contribution is -0.131. The largest absolute Gasteiger partial charge is 0.478 e. The number of carboxylic acids is 1. The number of hydrogen-bond donors (Lipinski definition) is 1. The Morgan fingerprint density at radius 2 is 2.00 bits per heavy atom. The summed E-state index contributed by atoms with van der Waals surface area (Å²) >= 11 is 6.00. The molecule has 3 rings (SSSR count). The van der Waals surface area contributed by atoms with Crippen molar-refractivity contribution in [1.82, 2.24) is 15.0 Å². The van der Waals surface area contributed by atoms with Crippen LogP contribution in [-0.4, -0.2) is 31.9 Å². The number of nitrogens with zero attached hydrogens (tertiary/aromatic N) is 3. The lowest BCUT2D eigenvalue weighted by atomic mass is 9.70. The molecule has 1 heterocycles. The van der Waals surface area contributed by atoms with Crippen LogP contribution < -0.4 is 0 Å². The van der Waals surface area contributed by atoms with Crippen LogP contribution in [-0.2, 0) is 9.59 Å². The van der Waals surface area contributed by atoms with Gasteiger partial charge in [-0.25, -0.2) is 4.79 Å². The molecule has 26 heavy (non-hydrogen) atoms. The first kappa shape index (κ1) is 18.3. The highest BCUT2D eigenvalue weighted by atomic mass is 35.5. The summed E-state index contributed by atoms with van der Waals surface area (Å²) in [4.78, 5) is 25.3. The zero-order valence-electron chi connectivity index (χ0n) is 14.8. The van der Waals surface area contributed by atoms with Crippen LogP contribution in [0.2, 0.25) is 5.02 Å². The van der Waals surface area contributed by atoms with Crippen LogP contribution in [0.15, 0.2) is 36.4 Å². The molecule has 0 spiro atoms. The van der Waals surface area contributed by atoms with Gasteiger partial charge in [-0.3, -0.25) is 4.79 Å². The number of carbonyl (C=O) groups is 2. The standard InChI is InChI=1S/C19H20ClN3O3/c1-19(2,3)13-8-11(4-7-17(24)25)9-16(18(13)26)23-21-14-6-5-12(20)10-15(14)22-23/h4-7,9-11,13H,8H2,1-3H3,(H,24,25). The van der Waals surface area contributed by atoms with Crippen LogP contribution in [0.5, 0.6) is 0 Å². The van der Waals surface area contributed by atoms with E-state index in [-0.39, 0.29) is 23.0 Å². The van der Waals surface area contributed by atoms with Crippen LogP contribution in [0, 0.1) is 17.3 Å². The SMILES string of the molecule is CC(C)(C)C1CC(C=CC(=O)O)C=C(n2nc3ccc(Cl)cc3n2)C1=O. The predicted molar refractivity (Wildman–Crippen MR) is 99.6 cm³/mol. The molecule has 0 saturated heterocycles. The molecule has 2 atom stereocenters.